The van der Waals surface area contributed by atoms with E-state index in [4.69, 9.17) is 0 Å². The van der Waals surface area contributed by atoms with Crippen molar-refractivity contribution in [3.05, 3.63) is 0 Å². The Kier molecular flexibility index (Phi) is 5.49. The summed E-state index contributed by atoms with van der Waals surface area (Å²) in [4.78, 5) is 0. The Bertz CT molecular complexity index is 328. The molecule has 0 spiro atoms. The van der Waals surface area contributed by atoms with Crippen molar-refractivity contribution in [2.24, 2.45) is 11.8 Å². The second-order valence-corrected chi connectivity index (χ2v) is 7.99. The Labute approximate surface area is 112 Å². The summed E-state index contributed by atoms with van der Waals surface area (Å²) in [6, 6.07) is 0. The van der Waals surface area contributed by atoms with Crippen molar-refractivity contribution in [2.75, 3.05) is 12.3 Å². The summed E-state index contributed by atoms with van der Waals surface area (Å²) < 4.78 is 26.9. The SMILES string of the molecule is O=S(=O)(CC1CCCCC1)NCC1CCCCC1. The smallest absolute Gasteiger partial charge is 0.211 e. The molecule has 0 atom stereocenters. The molecule has 1 N–H and O–H groups in total. The first-order valence-electron chi connectivity index (χ1n) is 7.63. The molecule has 0 aliphatic heterocycles. The van der Waals surface area contributed by atoms with Crippen molar-refractivity contribution in [3.63, 3.8) is 0 Å². The Morgan fingerprint density at radius 2 is 1.28 bits per heavy atom. The minimum atomic E-state index is -3.03. The number of rotatable bonds is 5. The van der Waals surface area contributed by atoms with Gasteiger partial charge in [-0.2, -0.15) is 0 Å². The maximum atomic E-state index is 12.0. The minimum Gasteiger partial charge on any atom is -0.215 e. The summed E-state index contributed by atoms with van der Waals surface area (Å²) in [6.45, 7) is 0.676. The molecule has 2 rings (SSSR count). The van der Waals surface area contributed by atoms with E-state index < -0.39 is 10.0 Å². The number of hydrogen-bond donors (Lipinski definition) is 1. The van der Waals surface area contributed by atoms with Crippen molar-refractivity contribution >= 4 is 10.0 Å². The molecule has 0 heterocycles. The summed E-state index contributed by atoms with van der Waals surface area (Å²) in [5.41, 5.74) is 0. The summed E-state index contributed by atoms with van der Waals surface area (Å²) in [7, 11) is -3.03. The van der Waals surface area contributed by atoms with Gasteiger partial charge < -0.3 is 0 Å². The highest BCUT2D eigenvalue weighted by molar-refractivity contribution is 7.89. The molecule has 2 aliphatic rings. The van der Waals surface area contributed by atoms with E-state index in [9.17, 15) is 8.42 Å². The van der Waals surface area contributed by atoms with E-state index in [-0.39, 0.29) is 0 Å². The lowest BCUT2D eigenvalue weighted by Crippen LogP contribution is -2.34. The van der Waals surface area contributed by atoms with Gasteiger partial charge in [-0.1, -0.05) is 38.5 Å². The van der Waals surface area contributed by atoms with Crippen LogP contribution in [0.3, 0.4) is 0 Å². The lowest BCUT2D eigenvalue weighted by molar-refractivity contribution is 0.354. The molecular weight excluding hydrogens is 246 g/mol. The topological polar surface area (TPSA) is 46.2 Å². The minimum absolute atomic E-state index is 0.361. The Hall–Kier alpha value is -0.0900. The average Bonchev–Trinajstić information content (AvgIpc) is 2.38. The molecule has 0 aromatic heterocycles. The van der Waals surface area contributed by atoms with Crippen molar-refractivity contribution in [2.45, 2.75) is 64.2 Å². The fourth-order valence-electron chi connectivity index (χ4n) is 3.36. The Morgan fingerprint density at radius 3 is 1.83 bits per heavy atom. The van der Waals surface area contributed by atoms with Crippen molar-refractivity contribution in [3.8, 4) is 0 Å². The molecular formula is C14H27NO2S. The van der Waals surface area contributed by atoms with Crippen LogP contribution < -0.4 is 4.72 Å². The van der Waals surface area contributed by atoms with Crippen molar-refractivity contribution < 1.29 is 8.42 Å². The molecule has 0 unspecified atom stereocenters. The molecule has 0 saturated heterocycles. The van der Waals surface area contributed by atoms with Crippen LogP contribution >= 0.6 is 0 Å². The van der Waals surface area contributed by atoms with Gasteiger partial charge in [-0.25, -0.2) is 13.1 Å². The van der Waals surface area contributed by atoms with E-state index in [1.807, 2.05) is 0 Å². The van der Waals surface area contributed by atoms with Gasteiger partial charge in [0.2, 0.25) is 10.0 Å². The zero-order valence-electron chi connectivity index (χ0n) is 11.4. The number of nitrogens with one attached hydrogen (secondary N) is 1. The van der Waals surface area contributed by atoms with Gasteiger partial charge in [0, 0.05) is 6.54 Å². The molecule has 2 saturated carbocycles. The zero-order valence-corrected chi connectivity index (χ0v) is 12.2. The predicted octanol–water partition coefficient (Wildman–Crippen LogP) is 3.07. The van der Waals surface area contributed by atoms with Gasteiger partial charge in [-0.3, -0.25) is 0 Å². The van der Waals surface area contributed by atoms with Crippen molar-refractivity contribution in [1.82, 2.24) is 4.72 Å². The second-order valence-electron chi connectivity index (χ2n) is 6.14. The van der Waals surface area contributed by atoms with Gasteiger partial charge in [0.1, 0.15) is 0 Å². The predicted molar refractivity (Wildman–Crippen MR) is 74.9 cm³/mol. The third-order valence-electron chi connectivity index (χ3n) is 4.50. The molecule has 18 heavy (non-hydrogen) atoms. The maximum Gasteiger partial charge on any atom is 0.211 e. The summed E-state index contributed by atoms with van der Waals surface area (Å²) in [5.74, 6) is 1.35. The van der Waals surface area contributed by atoms with Crippen LogP contribution in [0.5, 0.6) is 0 Å². The van der Waals surface area contributed by atoms with E-state index in [0.717, 1.165) is 12.8 Å². The van der Waals surface area contributed by atoms with E-state index >= 15 is 0 Å². The highest BCUT2D eigenvalue weighted by atomic mass is 32.2. The van der Waals surface area contributed by atoms with E-state index in [1.54, 1.807) is 0 Å². The van der Waals surface area contributed by atoms with Crippen LogP contribution in [0.4, 0.5) is 0 Å². The van der Waals surface area contributed by atoms with Crippen LogP contribution in [0.2, 0.25) is 0 Å². The molecule has 0 amide bonds. The quantitative estimate of drug-likeness (QED) is 0.837. The molecule has 0 aromatic rings. The first-order chi connectivity index (χ1) is 8.66. The summed E-state index contributed by atoms with van der Waals surface area (Å²) in [5, 5.41) is 0. The van der Waals surface area contributed by atoms with E-state index in [2.05, 4.69) is 4.72 Å². The highest BCUT2D eigenvalue weighted by Gasteiger charge is 2.22. The van der Waals surface area contributed by atoms with Gasteiger partial charge in [-0.05, 0) is 37.5 Å². The maximum absolute atomic E-state index is 12.0. The molecule has 3 nitrogen and oxygen atoms in total. The lowest BCUT2D eigenvalue weighted by atomic mass is 9.90. The largest absolute Gasteiger partial charge is 0.215 e. The fraction of sp³-hybridized carbons (Fsp3) is 1.00. The van der Waals surface area contributed by atoms with Gasteiger partial charge in [0.25, 0.3) is 0 Å². The van der Waals surface area contributed by atoms with Crippen LogP contribution in [0.15, 0.2) is 0 Å². The van der Waals surface area contributed by atoms with Crippen LogP contribution in [-0.4, -0.2) is 20.7 Å². The first kappa shape index (κ1) is 14.3. The third kappa shape index (κ3) is 4.88. The second kappa shape index (κ2) is 6.90. The third-order valence-corrected chi connectivity index (χ3v) is 6.01. The lowest BCUT2D eigenvalue weighted by Gasteiger charge is -2.24. The molecule has 0 bridgehead atoms. The molecule has 2 aliphatic carbocycles. The first-order valence-corrected chi connectivity index (χ1v) is 9.28. The van der Waals surface area contributed by atoms with Gasteiger partial charge in [0.05, 0.1) is 5.75 Å². The molecule has 4 heteroatoms. The fourth-order valence-corrected chi connectivity index (χ4v) is 4.92. The highest BCUT2D eigenvalue weighted by Crippen LogP contribution is 2.25. The number of hydrogen-bond acceptors (Lipinski definition) is 2. The number of sulfonamides is 1. The zero-order chi connectivity index (χ0) is 12.8. The Balaban J connectivity index is 1.72. The van der Waals surface area contributed by atoms with Crippen LogP contribution in [-0.2, 0) is 10.0 Å². The molecule has 106 valence electrons. The van der Waals surface area contributed by atoms with Crippen LogP contribution in [0.25, 0.3) is 0 Å². The molecule has 0 radical (unpaired) electrons. The normalized spacial score (nSPS) is 24.2. The average molecular weight is 273 g/mol. The molecule has 2 fully saturated rings. The van der Waals surface area contributed by atoms with Gasteiger partial charge in [-0.15, -0.1) is 0 Å². The van der Waals surface area contributed by atoms with E-state index in [1.165, 1.54) is 51.4 Å². The monoisotopic (exact) mass is 273 g/mol. The van der Waals surface area contributed by atoms with Crippen molar-refractivity contribution in [1.29, 1.82) is 0 Å². The summed E-state index contributed by atoms with van der Waals surface area (Å²) in [6.07, 6.45) is 12.2. The van der Waals surface area contributed by atoms with Gasteiger partial charge in [0.15, 0.2) is 0 Å². The summed E-state index contributed by atoms with van der Waals surface area (Å²) >= 11 is 0. The standard InChI is InChI=1S/C14H27NO2S/c16-18(17,12-14-9-5-2-6-10-14)15-11-13-7-3-1-4-8-13/h13-15H,1-12H2. The van der Waals surface area contributed by atoms with Crippen LogP contribution in [0, 0.1) is 11.8 Å². The van der Waals surface area contributed by atoms with Crippen LogP contribution in [0.1, 0.15) is 64.2 Å². The van der Waals surface area contributed by atoms with E-state index in [0.29, 0.717) is 24.1 Å². The molecule has 0 aromatic carbocycles. The van der Waals surface area contributed by atoms with Gasteiger partial charge >= 0.3 is 0 Å². The Morgan fingerprint density at radius 1 is 0.778 bits per heavy atom.